The van der Waals surface area contributed by atoms with Crippen LogP contribution in [0.4, 0.5) is 5.82 Å². The predicted octanol–water partition coefficient (Wildman–Crippen LogP) is 2.70. The lowest BCUT2D eigenvalue weighted by Gasteiger charge is -2.34. The normalized spacial score (nSPS) is 17.6. The highest BCUT2D eigenvalue weighted by atomic mass is 35.5. The van der Waals surface area contributed by atoms with Crippen LogP contribution >= 0.6 is 22.9 Å². The molecule has 1 unspecified atom stereocenters. The van der Waals surface area contributed by atoms with E-state index >= 15 is 0 Å². The molecule has 3 aromatic heterocycles. The van der Waals surface area contributed by atoms with E-state index in [-0.39, 0.29) is 16.6 Å². The number of pyridine rings is 1. The third-order valence-electron chi connectivity index (χ3n) is 4.16. The quantitative estimate of drug-likeness (QED) is 0.738. The van der Waals surface area contributed by atoms with Crippen LogP contribution in [0.1, 0.15) is 10.9 Å². The summed E-state index contributed by atoms with van der Waals surface area (Å²) in [6.07, 6.45) is 3.34. The third kappa shape index (κ3) is 3.30. The fourth-order valence-corrected chi connectivity index (χ4v) is 3.93. The first-order valence-corrected chi connectivity index (χ1v) is 9.20. The molecule has 1 aliphatic rings. The van der Waals surface area contributed by atoms with E-state index in [1.165, 1.54) is 4.88 Å². The van der Waals surface area contributed by atoms with Gasteiger partial charge in [0.25, 0.3) is 5.56 Å². The van der Waals surface area contributed by atoms with Crippen LogP contribution in [0.5, 0.6) is 0 Å². The number of halogens is 1. The van der Waals surface area contributed by atoms with Gasteiger partial charge in [-0.3, -0.25) is 9.78 Å². The number of aromatic nitrogens is 3. The van der Waals surface area contributed by atoms with Crippen molar-refractivity contribution in [3.63, 3.8) is 0 Å². The number of anilines is 1. The monoisotopic (exact) mass is 373 g/mol. The van der Waals surface area contributed by atoms with Gasteiger partial charge in [-0.15, -0.1) is 11.3 Å². The van der Waals surface area contributed by atoms with Crippen molar-refractivity contribution >= 4 is 28.8 Å². The van der Waals surface area contributed by atoms with E-state index in [0.29, 0.717) is 18.2 Å². The van der Waals surface area contributed by atoms with Gasteiger partial charge in [-0.25, -0.2) is 4.98 Å². The molecule has 1 atom stereocenters. The molecule has 25 heavy (non-hydrogen) atoms. The van der Waals surface area contributed by atoms with E-state index in [2.05, 4.69) is 36.6 Å². The second kappa shape index (κ2) is 6.95. The van der Waals surface area contributed by atoms with Gasteiger partial charge in [-0.2, -0.15) is 0 Å². The average Bonchev–Trinajstić information content (AvgIpc) is 3.19. The Kier molecular flexibility index (Phi) is 4.52. The minimum Gasteiger partial charge on any atom is -0.352 e. The topological polar surface area (TPSA) is 73.9 Å². The molecule has 1 aliphatic heterocycles. The number of aromatic amines is 1. The number of nitrogens with one attached hydrogen (secondary N) is 2. The number of nitrogens with zero attached hydrogens (tertiary/aromatic N) is 3. The van der Waals surface area contributed by atoms with Gasteiger partial charge in [0, 0.05) is 42.5 Å². The zero-order chi connectivity index (χ0) is 17.2. The zero-order valence-electron chi connectivity index (χ0n) is 13.3. The van der Waals surface area contributed by atoms with Crippen LogP contribution in [0.25, 0.3) is 11.4 Å². The van der Waals surface area contributed by atoms with Crippen molar-refractivity contribution in [3.05, 3.63) is 62.3 Å². The Morgan fingerprint density at radius 2 is 2.12 bits per heavy atom. The Morgan fingerprint density at radius 1 is 1.28 bits per heavy atom. The van der Waals surface area contributed by atoms with E-state index in [1.54, 1.807) is 23.7 Å². The Hall–Kier alpha value is -2.22. The Morgan fingerprint density at radius 3 is 2.88 bits per heavy atom. The molecule has 0 radical (unpaired) electrons. The van der Waals surface area contributed by atoms with Crippen molar-refractivity contribution in [1.29, 1.82) is 0 Å². The Labute approximate surface area is 153 Å². The summed E-state index contributed by atoms with van der Waals surface area (Å²) < 4.78 is 0. The summed E-state index contributed by atoms with van der Waals surface area (Å²) in [5, 5.41) is 5.70. The van der Waals surface area contributed by atoms with E-state index in [1.807, 2.05) is 18.2 Å². The van der Waals surface area contributed by atoms with Crippen molar-refractivity contribution in [1.82, 2.24) is 20.3 Å². The first kappa shape index (κ1) is 16.3. The first-order valence-electron chi connectivity index (χ1n) is 7.94. The second-order valence-corrected chi connectivity index (χ2v) is 7.11. The molecule has 0 aliphatic carbocycles. The van der Waals surface area contributed by atoms with Gasteiger partial charge >= 0.3 is 0 Å². The lowest BCUT2D eigenvalue weighted by molar-refractivity contribution is 0.475. The summed E-state index contributed by atoms with van der Waals surface area (Å²) >= 11 is 8.00. The van der Waals surface area contributed by atoms with E-state index in [4.69, 9.17) is 11.6 Å². The van der Waals surface area contributed by atoms with Gasteiger partial charge < -0.3 is 15.2 Å². The summed E-state index contributed by atoms with van der Waals surface area (Å²) in [5.41, 5.74) is 0.472. The molecule has 0 saturated carbocycles. The van der Waals surface area contributed by atoms with Crippen molar-refractivity contribution < 1.29 is 0 Å². The standard InChI is InChI=1S/C17H16ClN5OS/c18-14-16(21-15(22-17(14)24)11-3-5-19-6-4-11)23-8-7-20-12(10-23)13-2-1-9-25-13/h1-6,9,12,20H,7-8,10H2,(H,21,22,24). The predicted molar refractivity (Wildman–Crippen MR) is 100 cm³/mol. The largest absolute Gasteiger partial charge is 0.352 e. The first-order chi connectivity index (χ1) is 12.2. The van der Waals surface area contributed by atoms with Crippen molar-refractivity contribution in [2.24, 2.45) is 0 Å². The van der Waals surface area contributed by atoms with Crippen LogP contribution in [-0.2, 0) is 0 Å². The summed E-state index contributed by atoms with van der Waals surface area (Å²) in [6.45, 7) is 2.26. The van der Waals surface area contributed by atoms with Crippen molar-refractivity contribution in [3.8, 4) is 11.4 Å². The van der Waals surface area contributed by atoms with Gasteiger partial charge in [0.1, 0.15) is 10.8 Å². The van der Waals surface area contributed by atoms with Crippen molar-refractivity contribution in [2.75, 3.05) is 24.5 Å². The molecule has 128 valence electrons. The molecule has 0 spiro atoms. The van der Waals surface area contributed by atoms with Gasteiger partial charge in [-0.1, -0.05) is 17.7 Å². The van der Waals surface area contributed by atoms with Crippen LogP contribution < -0.4 is 15.8 Å². The summed E-state index contributed by atoms with van der Waals surface area (Å²) in [7, 11) is 0. The molecule has 4 heterocycles. The molecule has 8 heteroatoms. The molecule has 1 fully saturated rings. The van der Waals surface area contributed by atoms with E-state index in [9.17, 15) is 4.79 Å². The number of hydrogen-bond acceptors (Lipinski definition) is 6. The van der Waals surface area contributed by atoms with Gasteiger partial charge in [0.15, 0.2) is 5.82 Å². The molecular formula is C17H16ClN5OS. The number of H-pyrrole nitrogens is 1. The van der Waals surface area contributed by atoms with E-state index in [0.717, 1.165) is 18.7 Å². The van der Waals surface area contributed by atoms with Gasteiger partial charge in [-0.05, 0) is 23.6 Å². The lowest BCUT2D eigenvalue weighted by atomic mass is 10.1. The molecule has 6 nitrogen and oxygen atoms in total. The van der Waals surface area contributed by atoms with Crippen LogP contribution in [0, 0.1) is 0 Å². The maximum absolute atomic E-state index is 12.3. The minimum atomic E-state index is -0.329. The summed E-state index contributed by atoms with van der Waals surface area (Å²) in [4.78, 5) is 27.0. The maximum Gasteiger partial charge on any atom is 0.272 e. The molecular weight excluding hydrogens is 358 g/mol. The molecule has 1 saturated heterocycles. The summed E-state index contributed by atoms with van der Waals surface area (Å²) in [6, 6.07) is 7.97. The van der Waals surface area contributed by atoms with Gasteiger partial charge in [0.2, 0.25) is 0 Å². The zero-order valence-corrected chi connectivity index (χ0v) is 14.8. The van der Waals surface area contributed by atoms with Crippen LogP contribution in [0.3, 0.4) is 0 Å². The molecule has 3 aromatic rings. The SMILES string of the molecule is O=c1[nH]c(-c2ccncc2)nc(N2CCNC(c3cccs3)C2)c1Cl. The Balaban J connectivity index is 1.69. The van der Waals surface area contributed by atoms with Gasteiger partial charge in [0.05, 0.1) is 6.04 Å². The highest BCUT2D eigenvalue weighted by molar-refractivity contribution is 7.10. The Bertz CT molecular complexity index is 913. The van der Waals surface area contributed by atoms with Crippen LogP contribution in [0.15, 0.2) is 46.8 Å². The number of rotatable bonds is 3. The smallest absolute Gasteiger partial charge is 0.272 e. The van der Waals surface area contributed by atoms with Crippen LogP contribution in [-0.4, -0.2) is 34.6 Å². The number of hydrogen-bond donors (Lipinski definition) is 2. The molecule has 0 amide bonds. The number of thiophene rings is 1. The highest BCUT2D eigenvalue weighted by Crippen LogP contribution is 2.28. The van der Waals surface area contributed by atoms with Crippen LogP contribution in [0.2, 0.25) is 5.02 Å². The third-order valence-corrected chi connectivity index (χ3v) is 5.49. The van der Waals surface area contributed by atoms with E-state index < -0.39 is 0 Å². The molecule has 2 N–H and O–H groups in total. The fraction of sp³-hybridized carbons (Fsp3) is 0.235. The lowest BCUT2D eigenvalue weighted by Crippen LogP contribution is -2.46. The number of piperazine rings is 1. The molecule has 4 rings (SSSR count). The second-order valence-electron chi connectivity index (χ2n) is 5.76. The highest BCUT2D eigenvalue weighted by Gasteiger charge is 2.25. The summed E-state index contributed by atoms with van der Waals surface area (Å²) in [5.74, 6) is 1.03. The maximum atomic E-state index is 12.3. The minimum absolute atomic E-state index is 0.129. The van der Waals surface area contributed by atoms with Crippen molar-refractivity contribution in [2.45, 2.75) is 6.04 Å². The molecule has 0 aromatic carbocycles. The molecule has 0 bridgehead atoms. The fourth-order valence-electron chi connectivity index (χ4n) is 2.93. The average molecular weight is 374 g/mol.